The highest BCUT2D eigenvalue weighted by atomic mass is 35.5. The number of hydrogen-bond acceptors (Lipinski definition) is 2. The fourth-order valence-corrected chi connectivity index (χ4v) is 1.35. The average molecular weight is 177 g/mol. The zero-order valence-corrected chi connectivity index (χ0v) is 7.86. The van der Waals surface area contributed by atoms with Gasteiger partial charge < -0.3 is 5.73 Å². The Morgan fingerprint density at radius 3 is 2.91 bits per heavy atom. The molecule has 11 heavy (non-hydrogen) atoms. The molecule has 1 aliphatic heterocycles. The van der Waals surface area contributed by atoms with E-state index in [4.69, 9.17) is 5.73 Å². The van der Waals surface area contributed by atoms with E-state index < -0.39 is 0 Å². The third-order valence-corrected chi connectivity index (χ3v) is 2.04. The molecule has 1 aliphatic rings. The van der Waals surface area contributed by atoms with Crippen LogP contribution in [0.3, 0.4) is 0 Å². The van der Waals surface area contributed by atoms with Gasteiger partial charge in [0.1, 0.15) is 0 Å². The van der Waals surface area contributed by atoms with Gasteiger partial charge in [-0.15, -0.1) is 12.4 Å². The van der Waals surface area contributed by atoms with Crippen molar-refractivity contribution in [2.24, 2.45) is 10.7 Å². The fourth-order valence-electron chi connectivity index (χ4n) is 1.35. The van der Waals surface area contributed by atoms with Gasteiger partial charge in [0.05, 0.1) is 11.9 Å². The minimum absolute atomic E-state index is 0. The van der Waals surface area contributed by atoms with Crippen LogP contribution in [0.2, 0.25) is 0 Å². The summed E-state index contributed by atoms with van der Waals surface area (Å²) in [6.45, 7) is 2.17. The van der Waals surface area contributed by atoms with Crippen LogP contribution in [0, 0.1) is 0 Å². The molecular weight excluding hydrogens is 160 g/mol. The summed E-state index contributed by atoms with van der Waals surface area (Å²) in [7, 11) is 0. The monoisotopic (exact) mass is 176 g/mol. The molecule has 2 nitrogen and oxygen atoms in total. The molecule has 1 rings (SSSR count). The van der Waals surface area contributed by atoms with Crippen LogP contribution in [-0.2, 0) is 0 Å². The number of nitrogens with zero attached hydrogens (tertiary/aromatic N) is 1. The topological polar surface area (TPSA) is 38.4 Å². The zero-order valence-electron chi connectivity index (χ0n) is 7.05. The molecule has 0 aromatic carbocycles. The van der Waals surface area contributed by atoms with Gasteiger partial charge >= 0.3 is 0 Å². The third-order valence-electron chi connectivity index (χ3n) is 2.04. The Bertz CT molecular complexity index is 134. The van der Waals surface area contributed by atoms with Crippen LogP contribution < -0.4 is 5.73 Å². The van der Waals surface area contributed by atoms with Gasteiger partial charge in [0.15, 0.2) is 0 Å². The Balaban J connectivity index is 0.000001000. The first kappa shape index (κ1) is 10.8. The van der Waals surface area contributed by atoms with E-state index in [9.17, 15) is 0 Å². The van der Waals surface area contributed by atoms with Gasteiger partial charge in [0.2, 0.25) is 0 Å². The number of aliphatic imine (C=N–C) groups is 1. The SMILES string of the molecule is CCC1CCCCC(N)=N1.Cl. The van der Waals surface area contributed by atoms with Gasteiger partial charge in [0.25, 0.3) is 0 Å². The van der Waals surface area contributed by atoms with Crippen molar-refractivity contribution in [3.8, 4) is 0 Å². The predicted molar refractivity (Wildman–Crippen MR) is 51.4 cm³/mol. The lowest BCUT2D eigenvalue weighted by Crippen LogP contribution is -2.13. The van der Waals surface area contributed by atoms with Crippen molar-refractivity contribution in [3.05, 3.63) is 0 Å². The number of amidine groups is 1. The Labute approximate surface area is 74.7 Å². The first-order valence-corrected chi connectivity index (χ1v) is 4.15. The minimum atomic E-state index is 0. The smallest absolute Gasteiger partial charge is 0.0940 e. The van der Waals surface area contributed by atoms with E-state index in [-0.39, 0.29) is 12.4 Å². The van der Waals surface area contributed by atoms with E-state index >= 15 is 0 Å². The second-order valence-electron chi connectivity index (χ2n) is 2.93. The molecule has 1 unspecified atom stereocenters. The molecule has 0 saturated carbocycles. The molecule has 0 amide bonds. The molecule has 1 atom stereocenters. The van der Waals surface area contributed by atoms with Crippen molar-refractivity contribution in [2.75, 3.05) is 0 Å². The van der Waals surface area contributed by atoms with Gasteiger partial charge in [0, 0.05) is 6.42 Å². The highest BCUT2D eigenvalue weighted by Crippen LogP contribution is 2.13. The van der Waals surface area contributed by atoms with Crippen molar-refractivity contribution in [1.29, 1.82) is 0 Å². The molecule has 3 heteroatoms. The second kappa shape index (κ2) is 5.42. The van der Waals surface area contributed by atoms with Gasteiger partial charge in [-0.25, -0.2) is 0 Å². The van der Waals surface area contributed by atoms with Gasteiger partial charge in [-0.1, -0.05) is 13.3 Å². The third kappa shape index (κ3) is 3.61. The van der Waals surface area contributed by atoms with E-state index in [0.29, 0.717) is 6.04 Å². The maximum atomic E-state index is 5.65. The molecule has 0 spiro atoms. The molecule has 0 aliphatic carbocycles. The summed E-state index contributed by atoms with van der Waals surface area (Å²) in [5.41, 5.74) is 5.65. The molecule has 0 saturated heterocycles. The van der Waals surface area contributed by atoms with Crippen LogP contribution in [0.1, 0.15) is 39.0 Å². The van der Waals surface area contributed by atoms with E-state index in [2.05, 4.69) is 11.9 Å². The van der Waals surface area contributed by atoms with Crippen LogP contribution in [-0.4, -0.2) is 11.9 Å². The number of hydrogen-bond donors (Lipinski definition) is 1. The van der Waals surface area contributed by atoms with Crippen molar-refractivity contribution in [2.45, 2.75) is 45.1 Å². The Morgan fingerprint density at radius 2 is 2.27 bits per heavy atom. The summed E-state index contributed by atoms with van der Waals surface area (Å²) < 4.78 is 0. The van der Waals surface area contributed by atoms with Gasteiger partial charge in [-0.2, -0.15) is 0 Å². The lowest BCUT2D eigenvalue weighted by atomic mass is 10.1. The normalized spacial score (nSPS) is 24.8. The predicted octanol–water partition coefficient (Wildman–Crippen LogP) is 2.12. The van der Waals surface area contributed by atoms with Crippen molar-refractivity contribution in [3.63, 3.8) is 0 Å². The molecule has 2 N–H and O–H groups in total. The molecule has 0 fully saturated rings. The van der Waals surface area contributed by atoms with E-state index in [1.54, 1.807) is 0 Å². The summed E-state index contributed by atoms with van der Waals surface area (Å²) in [6.07, 6.45) is 5.91. The first-order valence-electron chi connectivity index (χ1n) is 4.15. The van der Waals surface area contributed by atoms with E-state index in [1.807, 2.05) is 0 Å². The zero-order chi connectivity index (χ0) is 7.40. The van der Waals surface area contributed by atoms with Crippen LogP contribution in [0.5, 0.6) is 0 Å². The Morgan fingerprint density at radius 1 is 1.55 bits per heavy atom. The summed E-state index contributed by atoms with van der Waals surface area (Å²) in [5.74, 6) is 0.865. The number of halogens is 1. The second-order valence-corrected chi connectivity index (χ2v) is 2.93. The number of nitrogens with two attached hydrogens (primary N) is 1. The Kier molecular flexibility index (Phi) is 5.30. The summed E-state index contributed by atoms with van der Waals surface area (Å²) >= 11 is 0. The van der Waals surface area contributed by atoms with Crippen molar-refractivity contribution in [1.82, 2.24) is 0 Å². The lowest BCUT2D eigenvalue weighted by molar-refractivity contribution is 0.576. The summed E-state index contributed by atoms with van der Waals surface area (Å²) in [6, 6.07) is 0.516. The molecule has 0 aromatic rings. The molecule has 0 radical (unpaired) electrons. The van der Waals surface area contributed by atoms with Gasteiger partial charge in [-0.05, 0) is 19.3 Å². The van der Waals surface area contributed by atoms with Crippen LogP contribution in [0.25, 0.3) is 0 Å². The first-order chi connectivity index (χ1) is 4.83. The van der Waals surface area contributed by atoms with Crippen LogP contribution in [0.4, 0.5) is 0 Å². The molecular formula is C8H17ClN2. The van der Waals surface area contributed by atoms with E-state index in [0.717, 1.165) is 18.7 Å². The fraction of sp³-hybridized carbons (Fsp3) is 0.875. The lowest BCUT2D eigenvalue weighted by Gasteiger charge is -2.05. The number of rotatable bonds is 1. The molecule has 0 bridgehead atoms. The average Bonchev–Trinajstić information content (AvgIpc) is 2.13. The van der Waals surface area contributed by atoms with Gasteiger partial charge in [-0.3, -0.25) is 4.99 Å². The quantitative estimate of drug-likeness (QED) is 0.653. The maximum Gasteiger partial charge on any atom is 0.0940 e. The highest BCUT2D eigenvalue weighted by molar-refractivity contribution is 5.85. The highest BCUT2D eigenvalue weighted by Gasteiger charge is 2.08. The van der Waals surface area contributed by atoms with Crippen LogP contribution >= 0.6 is 12.4 Å². The van der Waals surface area contributed by atoms with E-state index in [1.165, 1.54) is 19.3 Å². The molecule has 66 valence electrons. The summed E-state index contributed by atoms with van der Waals surface area (Å²) in [5, 5.41) is 0. The molecule has 0 aromatic heterocycles. The minimum Gasteiger partial charge on any atom is -0.387 e. The van der Waals surface area contributed by atoms with Crippen molar-refractivity contribution >= 4 is 18.2 Å². The largest absolute Gasteiger partial charge is 0.387 e. The standard InChI is InChI=1S/C8H16N2.ClH/c1-2-7-5-3-4-6-8(9)10-7;/h7H,2-6H2,1H3,(H2,9,10);1H. The summed E-state index contributed by atoms with van der Waals surface area (Å²) in [4.78, 5) is 4.39. The van der Waals surface area contributed by atoms with Crippen LogP contribution in [0.15, 0.2) is 4.99 Å². The maximum absolute atomic E-state index is 5.65. The molecule has 1 heterocycles. The Hall–Kier alpha value is -0.240. The van der Waals surface area contributed by atoms with Crippen molar-refractivity contribution < 1.29 is 0 Å².